The Balaban J connectivity index is 2.54. The zero-order chi connectivity index (χ0) is 13.1. The largest absolute Gasteiger partial charge is 0.464 e. The highest BCUT2D eigenvalue weighted by Gasteiger charge is 2.13. The van der Waals surface area contributed by atoms with E-state index in [1.807, 2.05) is 31.2 Å². The number of carbonyl (C=O) groups excluding carboxylic acids is 1. The van der Waals surface area contributed by atoms with Gasteiger partial charge in [0.2, 0.25) is 11.1 Å². The highest BCUT2D eigenvalue weighted by molar-refractivity contribution is 5.86. The van der Waals surface area contributed by atoms with Gasteiger partial charge in [-0.3, -0.25) is 4.79 Å². The van der Waals surface area contributed by atoms with Crippen LogP contribution in [0.2, 0.25) is 0 Å². The van der Waals surface area contributed by atoms with Gasteiger partial charge in [-0.1, -0.05) is 12.1 Å². The molecule has 0 N–H and O–H groups in total. The molecule has 2 rings (SSSR count). The molecule has 0 aliphatic carbocycles. The Morgan fingerprint density at radius 3 is 2.78 bits per heavy atom. The number of benzene rings is 1. The van der Waals surface area contributed by atoms with Crippen LogP contribution in [0, 0.1) is 6.92 Å². The number of nitrogens with zero attached hydrogens (tertiary/aromatic N) is 2. The van der Waals surface area contributed by atoms with Gasteiger partial charge in [-0.25, -0.2) is 9.48 Å². The lowest BCUT2D eigenvalue weighted by atomic mass is 10.2. The SMILES string of the molecule is COC(=O)c1nn(-c2cccc(C)c2)ccc1=O. The van der Waals surface area contributed by atoms with Crippen LogP contribution in [0.5, 0.6) is 0 Å². The minimum Gasteiger partial charge on any atom is -0.464 e. The first-order valence-corrected chi connectivity index (χ1v) is 5.37. The van der Waals surface area contributed by atoms with Crippen molar-refractivity contribution in [3.05, 3.63) is 58.0 Å². The van der Waals surface area contributed by atoms with Crippen LogP contribution in [-0.2, 0) is 4.74 Å². The molecule has 0 atom stereocenters. The summed E-state index contributed by atoms with van der Waals surface area (Å²) in [6.07, 6.45) is 1.52. The van der Waals surface area contributed by atoms with Crippen LogP contribution in [0.1, 0.15) is 16.1 Å². The average molecular weight is 244 g/mol. The molecular weight excluding hydrogens is 232 g/mol. The molecule has 0 aliphatic heterocycles. The fraction of sp³-hybridized carbons (Fsp3) is 0.154. The molecule has 5 heteroatoms. The molecule has 0 saturated carbocycles. The van der Waals surface area contributed by atoms with Crippen molar-refractivity contribution < 1.29 is 9.53 Å². The maximum absolute atomic E-state index is 11.5. The second-order valence-corrected chi connectivity index (χ2v) is 3.80. The monoisotopic (exact) mass is 244 g/mol. The second-order valence-electron chi connectivity index (χ2n) is 3.80. The summed E-state index contributed by atoms with van der Waals surface area (Å²) in [5.74, 6) is -0.734. The molecule has 0 spiro atoms. The van der Waals surface area contributed by atoms with Gasteiger partial charge < -0.3 is 4.74 Å². The number of aromatic nitrogens is 2. The minimum absolute atomic E-state index is 0.221. The quantitative estimate of drug-likeness (QED) is 0.748. The van der Waals surface area contributed by atoms with Gasteiger partial charge in [0.05, 0.1) is 12.8 Å². The molecule has 5 nitrogen and oxygen atoms in total. The Bertz CT molecular complexity index is 647. The summed E-state index contributed by atoms with van der Waals surface area (Å²) < 4.78 is 5.99. The van der Waals surface area contributed by atoms with Crippen LogP contribution in [0.25, 0.3) is 5.69 Å². The average Bonchev–Trinajstić information content (AvgIpc) is 2.38. The van der Waals surface area contributed by atoms with Crippen molar-refractivity contribution in [2.75, 3.05) is 7.11 Å². The van der Waals surface area contributed by atoms with E-state index in [0.717, 1.165) is 11.3 Å². The van der Waals surface area contributed by atoms with Gasteiger partial charge in [0.25, 0.3) is 0 Å². The minimum atomic E-state index is -0.734. The van der Waals surface area contributed by atoms with Crippen LogP contribution in [0.4, 0.5) is 0 Å². The Kier molecular flexibility index (Phi) is 3.23. The van der Waals surface area contributed by atoms with Crippen molar-refractivity contribution in [1.82, 2.24) is 9.78 Å². The summed E-state index contributed by atoms with van der Waals surface area (Å²) >= 11 is 0. The summed E-state index contributed by atoms with van der Waals surface area (Å²) in [5.41, 5.74) is 1.17. The van der Waals surface area contributed by atoms with Crippen LogP contribution in [0.15, 0.2) is 41.3 Å². The van der Waals surface area contributed by atoms with E-state index in [1.165, 1.54) is 24.1 Å². The van der Waals surface area contributed by atoms with Gasteiger partial charge in [-0.15, -0.1) is 0 Å². The van der Waals surface area contributed by atoms with E-state index in [2.05, 4.69) is 9.84 Å². The van der Waals surface area contributed by atoms with E-state index in [9.17, 15) is 9.59 Å². The zero-order valence-electron chi connectivity index (χ0n) is 10.1. The maximum Gasteiger partial charge on any atom is 0.362 e. The Labute approximate surface area is 104 Å². The van der Waals surface area contributed by atoms with Crippen molar-refractivity contribution in [1.29, 1.82) is 0 Å². The Morgan fingerprint density at radius 1 is 1.33 bits per heavy atom. The fourth-order valence-electron chi connectivity index (χ4n) is 1.56. The predicted molar refractivity (Wildman–Crippen MR) is 65.9 cm³/mol. The van der Waals surface area contributed by atoms with E-state index >= 15 is 0 Å². The van der Waals surface area contributed by atoms with E-state index in [4.69, 9.17) is 0 Å². The van der Waals surface area contributed by atoms with Gasteiger partial charge in [0.1, 0.15) is 0 Å². The van der Waals surface area contributed by atoms with Crippen LogP contribution in [-0.4, -0.2) is 22.9 Å². The highest BCUT2D eigenvalue weighted by atomic mass is 16.5. The van der Waals surface area contributed by atoms with E-state index in [0.29, 0.717) is 0 Å². The molecule has 1 heterocycles. The Morgan fingerprint density at radius 2 is 2.11 bits per heavy atom. The third kappa shape index (κ3) is 2.29. The summed E-state index contributed by atoms with van der Waals surface area (Å²) in [6.45, 7) is 1.95. The first kappa shape index (κ1) is 12.0. The van der Waals surface area contributed by atoms with E-state index < -0.39 is 11.4 Å². The van der Waals surface area contributed by atoms with E-state index in [1.54, 1.807) is 0 Å². The summed E-state index contributed by atoms with van der Waals surface area (Å²) in [7, 11) is 1.22. The summed E-state index contributed by atoms with van der Waals surface area (Å²) in [6, 6.07) is 8.86. The Hall–Kier alpha value is -2.43. The van der Waals surface area contributed by atoms with E-state index in [-0.39, 0.29) is 5.69 Å². The van der Waals surface area contributed by atoms with Gasteiger partial charge in [-0.2, -0.15) is 5.10 Å². The molecule has 0 radical (unpaired) electrons. The van der Waals surface area contributed by atoms with Gasteiger partial charge in [0, 0.05) is 12.3 Å². The lowest BCUT2D eigenvalue weighted by Crippen LogP contribution is -2.21. The van der Waals surface area contributed by atoms with Crippen LogP contribution < -0.4 is 5.43 Å². The molecule has 0 bridgehead atoms. The molecule has 2 aromatic rings. The number of rotatable bonds is 2. The van der Waals surface area contributed by atoms with Gasteiger partial charge in [-0.05, 0) is 24.6 Å². The van der Waals surface area contributed by atoms with Crippen molar-refractivity contribution in [3.63, 3.8) is 0 Å². The number of aryl methyl sites for hydroxylation is 1. The number of methoxy groups -OCH3 is 1. The topological polar surface area (TPSA) is 61.2 Å². The smallest absolute Gasteiger partial charge is 0.362 e. The molecule has 1 aromatic carbocycles. The molecule has 0 unspecified atom stereocenters. The number of carbonyl (C=O) groups is 1. The lowest BCUT2D eigenvalue weighted by molar-refractivity contribution is 0.0590. The first-order chi connectivity index (χ1) is 8.61. The molecule has 0 fully saturated rings. The highest BCUT2D eigenvalue weighted by Crippen LogP contribution is 2.08. The summed E-state index contributed by atoms with van der Waals surface area (Å²) in [4.78, 5) is 22.9. The molecular formula is C13H12N2O3. The third-order valence-electron chi connectivity index (χ3n) is 2.45. The van der Waals surface area contributed by atoms with Crippen molar-refractivity contribution in [2.45, 2.75) is 6.92 Å². The second kappa shape index (κ2) is 4.83. The van der Waals surface area contributed by atoms with Crippen LogP contribution >= 0.6 is 0 Å². The van der Waals surface area contributed by atoms with Gasteiger partial charge in [0.15, 0.2) is 0 Å². The number of hydrogen-bond donors (Lipinski definition) is 0. The molecule has 0 amide bonds. The molecule has 1 aromatic heterocycles. The number of hydrogen-bond acceptors (Lipinski definition) is 4. The lowest BCUT2D eigenvalue weighted by Gasteiger charge is -2.07. The third-order valence-corrected chi connectivity index (χ3v) is 2.45. The van der Waals surface area contributed by atoms with Gasteiger partial charge >= 0.3 is 5.97 Å². The number of esters is 1. The molecule has 0 saturated heterocycles. The fourth-order valence-corrected chi connectivity index (χ4v) is 1.56. The van der Waals surface area contributed by atoms with Crippen molar-refractivity contribution in [3.8, 4) is 5.69 Å². The predicted octanol–water partition coefficient (Wildman–Crippen LogP) is 1.33. The zero-order valence-corrected chi connectivity index (χ0v) is 10.1. The molecule has 18 heavy (non-hydrogen) atoms. The first-order valence-electron chi connectivity index (χ1n) is 5.37. The maximum atomic E-state index is 11.5. The van der Waals surface area contributed by atoms with Crippen molar-refractivity contribution >= 4 is 5.97 Å². The summed E-state index contributed by atoms with van der Waals surface area (Å²) in [5, 5.41) is 3.98. The van der Waals surface area contributed by atoms with Crippen molar-refractivity contribution in [2.24, 2.45) is 0 Å². The normalized spacial score (nSPS) is 10.1. The molecule has 0 aliphatic rings. The number of ether oxygens (including phenoxy) is 1. The molecule has 92 valence electrons. The standard InChI is InChI=1S/C13H12N2O3/c1-9-4-3-5-10(8-9)15-7-6-11(16)12(14-15)13(17)18-2/h3-8H,1-2H3. The van der Waals surface area contributed by atoms with Crippen LogP contribution in [0.3, 0.4) is 0 Å².